The van der Waals surface area contributed by atoms with E-state index in [9.17, 15) is 4.79 Å². The first-order valence-corrected chi connectivity index (χ1v) is 8.22. The van der Waals surface area contributed by atoms with Gasteiger partial charge in [0, 0.05) is 13.6 Å². The lowest BCUT2D eigenvalue weighted by Crippen LogP contribution is -2.31. The SMILES string of the molecule is Cn1nc(C(=O)O)cc1-c1ccc(CCN2CCCCC2)cc1. The van der Waals surface area contributed by atoms with E-state index in [1.54, 1.807) is 17.8 Å². The molecule has 0 radical (unpaired) electrons. The maximum Gasteiger partial charge on any atom is 0.356 e. The van der Waals surface area contributed by atoms with E-state index >= 15 is 0 Å². The van der Waals surface area contributed by atoms with Crippen molar-refractivity contribution >= 4 is 5.97 Å². The maximum atomic E-state index is 11.0. The Morgan fingerprint density at radius 2 is 1.87 bits per heavy atom. The molecule has 0 atom stereocenters. The lowest BCUT2D eigenvalue weighted by Gasteiger charge is -2.26. The monoisotopic (exact) mass is 313 g/mol. The third-order valence-electron chi connectivity index (χ3n) is 4.51. The summed E-state index contributed by atoms with van der Waals surface area (Å²) in [6.07, 6.45) is 5.08. The number of aromatic nitrogens is 2. The van der Waals surface area contributed by atoms with Crippen molar-refractivity contribution in [2.24, 2.45) is 7.05 Å². The summed E-state index contributed by atoms with van der Waals surface area (Å²) in [5, 5.41) is 13.0. The second-order valence-corrected chi connectivity index (χ2v) is 6.19. The van der Waals surface area contributed by atoms with Crippen LogP contribution in [-0.2, 0) is 13.5 Å². The van der Waals surface area contributed by atoms with Crippen LogP contribution in [0.5, 0.6) is 0 Å². The van der Waals surface area contributed by atoms with Gasteiger partial charge in [-0.25, -0.2) is 4.79 Å². The summed E-state index contributed by atoms with van der Waals surface area (Å²) < 4.78 is 1.62. The third-order valence-corrected chi connectivity index (χ3v) is 4.51. The molecule has 0 bridgehead atoms. The molecule has 5 heteroatoms. The molecule has 2 aromatic rings. The summed E-state index contributed by atoms with van der Waals surface area (Å²) in [7, 11) is 1.77. The number of carboxylic acid groups (broad SMARTS) is 1. The highest BCUT2D eigenvalue weighted by Gasteiger charge is 2.13. The largest absolute Gasteiger partial charge is 0.476 e. The fraction of sp³-hybridized carbons (Fsp3) is 0.444. The highest BCUT2D eigenvalue weighted by atomic mass is 16.4. The number of piperidine rings is 1. The van der Waals surface area contributed by atoms with Gasteiger partial charge in [0.15, 0.2) is 5.69 Å². The normalized spacial score (nSPS) is 15.7. The topological polar surface area (TPSA) is 58.4 Å². The number of likely N-dealkylation sites (tertiary alicyclic amines) is 1. The van der Waals surface area contributed by atoms with E-state index in [0.717, 1.165) is 24.2 Å². The van der Waals surface area contributed by atoms with E-state index in [1.807, 2.05) is 12.1 Å². The van der Waals surface area contributed by atoms with Gasteiger partial charge in [-0.1, -0.05) is 30.7 Å². The number of aryl methyl sites for hydroxylation is 1. The number of aromatic carboxylic acids is 1. The van der Waals surface area contributed by atoms with Gasteiger partial charge in [0.05, 0.1) is 5.69 Å². The van der Waals surface area contributed by atoms with Crippen molar-refractivity contribution in [2.45, 2.75) is 25.7 Å². The highest BCUT2D eigenvalue weighted by molar-refractivity contribution is 5.87. The Bertz CT molecular complexity index is 670. The molecule has 0 saturated carbocycles. The van der Waals surface area contributed by atoms with Crippen LogP contribution in [-0.4, -0.2) is 45.4 Å². The maximum absolute atomic E-state index is 11.0. The zero-order valence-electron chi connectivity index (χ0n) is 13.5. The standard InChI is InChI=1S/C18H23N3O2/c1-20-17(13-16(19-20)18(22)23)15-7-5-14(6-8-15)9-12-21-10-3-2-4-11-21/h5-8,13H,2-4,9-12H2,1H3,(H,22,23). The Hall–Kier alpha value is -2.14. The van der Waals surface area contributed by atoms with Crippen molar-refractivity contribution in [3.63, 3.8) is 0 Å². The molecule has 5 nitrogen and oxygen atoms in total. The molecular weight excluding hydrogens is 290 g/mol. The van der Waals surface area contributed by atoms with Gasteiger partial charge in [0.2, 0.25) is 0 Å². The molecule has 2 heterocycles. The minimum atomic E-state index is -0.995. The summed E-state index contributed by atoms with van der Waals surface area (Å²) in [5.41, 5.74) is 3.22. The lowest BCUT2D eigenvalue weighted by molar-refractivity contribution is 0.0689. The van der Waals surface area contributed by atoms with Crippen molar-refractivity contribution in [3.8, 4) is 11.3 Å². The fourth-order valence-corrected chi connectivity index (χ4v) is 3.15. The van der Waals surface area contributed by atoms with E-state index in [4.69, 9.17) is 5.11 Å². The van der Waals surface area contributed by atoms with Gasteiger partial charge < -0.3 is 10.0 Å². The van der Waals surface area contributed by atoms with Crippen LogP contribution in [0.4, 0.5) is 0 Å². The van der Waals surface area contributed by atoms with Crippen LogP contribution in [0.15, 0.2) is 30.3 Å². The Balaban J connectivity index is 1.65. The fourth-order valence-electron chi connectivity index (χ4n) is 3.15. The summed E-state index contributed by atoms with van der Waals surface area (Å²) >= 11 is 0. The van der Waals surface area contributed by atoms with Gasteiger partial charge in [-0.05, 0) is 49.5 Å². The molecule has 0 amide bonds. The number of hydrogen-bond acceptors (Lipinski definition) is 3. The first kappa shape index (κ1) is 15.7. The third kappa shape index (κ3) is 3.79. The average Bonchev–Trinajstić information content (AvgIpc) is 2.97. The minimum Gasteiger partial charge on any atom is -0.476 e. The van der Waals surface area contributed by atoms with E-state index in [2.05, 4.69) is 22.1 Å². The average molecular weight is 313 g/mol. The summed E-state index contributed by atoms with van der Waals surface area (Å²) in [6.45, 7) is 3.57. The van der Waals surface area contributed by atoms with Crippen molar-refractivity contribution in [1.29, 1.82) is 0 Å². The van der Waals surface area contributed by atoms with Gasteiger partial charge in [0.1, 0.15) is 0 Å². The molecule has 1 saturated heterocycles. The van der Waals surface area contributed by atoms with Gasteiger partial charge in [0.25, 0.3) is 0 Å². The predicted octanol–water partition coefficient (Wildman–Crippen LogP) is 2.81. The first-order valence-electron chi connectivity index (χ1n) is 8.22. The van der Waals surface area contributed by atoms with Crippen LogP contribution in [0.1, 0.15) is 35.3 Å². The van der Waals surface area contributed by atoms with Gasteiger partial charge in [-0.3, -0.25) is 4.68 Å². The quantitative estimate of drug-likeness (QED) is 0.922. The molecule has 23 heavy (non-hydrogen) atoms. The molecule has 0 unspecified atom stereocenters. The van der Waals surface area contributed by atoms with Crippen LogP contribution in [0.2, 0.25) is 0 Å². The zero-order chi connectivity index (χ0) is 16.2. The number of carbonyl (C=O) groups is 1. The van der Waals surface area contributed by atoms with E-state index in [1.165, 1.54) is 37.9 Å². The number of hydrogen-bond donors (Lipinski definition) is 1. The van der Waals surface area contributed by atoms with Gasteiger partial charge in [-0.2, -0.15) is 5.10 Å². The first-order chi connectivity index (χ1) is 11.1. The van der Waals surface area contributed by atoms with Crippen molar-refractivity contribution in [1.82, 2.24) is 14.7 Å². The molecule has 1 aliphatic rings. The molecule has 1 N–H and O–H groups in total. The summed E-state index contributed by atoms with van der Waals surface area (Å²) in [6, 6.07) is 9.98. The number of carboxylic acids is 1. The molecule has 1 aromatic heterocycles. The molecule has 0 spiro atoms. The Kier molecular flexibility index (Phi) is 4.76. The summed E-state index contributed by atoms with van der Waals surface area (Å²) in [4.78, 5) is 13.5. The van der Waals surface area contributed by atoms with E-state index < -0.39 is 5.97 Å². The second-order valence-electron chi connectivity index (χ2n) is 6.19. The molecule has 1 fully saturated rings. The van der Waals surface area contributed by atoms with Crippen LogP contribution in [0.25, 0.3) is 11.3 Å². The van der Waals surface area contributed by atoms with Crippen molar-refractivity contribution in [3.05, 3.63) is 41.6 Å². The van der Waals surface area contributed by atoms with Crippen LogP contribution in [0, 0.1) is 0 Å². The minimum absolute atomic E-state index is 0.0803. The van der Waals surface area contributed by atoms with Crippen LogP contribution in [0.3, 0.4) is 0 Å². The molecule has 1 aliphatic heterocycles. The highest BCUT2D eigenvalue weighted by Crippen LogP contribution is 2.21. The van der Waals surface area contributed by atoms with E-state index in [0.29, 0.717) is 0 Å². The smallest absolute Gasteiger partial charge is 0.356 e. The van der Waals surface area contributed by atoms with Crippen LogP contribution >= 0.6 is 0 Å². The molecule has 122 valence electrons. The molecule has 3 rings (SSSR count). The number of rotatable bonds is 5. The Morgan fingerprint density at radius 3 is 2.48 bits per heavy atom. The van der Waals surface area contributed by atoms with Crippen LogP contribution < -0.4 is 0 Å². The Labute approximate surface area is 136 Å². The number of benzene rings is 1. The van der Waals surface area contributed by atoms with Crippen molar-refractivity contribution < 1.29 is 9.90 Å². The zero-order valence-corrected chi connectivity index (χ0v) is 13.5. The molecule has 0 aliphatic carbocycles. The van der Waals surface area contributed by atoms with Gasteiger partial charge in [-0.15, -0.1) is 0 Å². The van der Waals surface area contributed by atoms with Gasteiger partial charge >= 0.3 is 5.97 Å². The molecular formula is C18H23N3O2. The second kappa shape index (κ2) is 6.96. The number of nitrogens with zero attached hydrogens (tertiary/aromatic N) is 3. The predicted molar refractivity (Wildman–Crippen MR) is 89.6 cm³/mol. The van der Waals surface area contributed by atoms with E-state index in [-0.39, 0.29) is 5.69 Å². The lowest BCUT2D eigenvalue weighted by atomic mass is 10.1. The molecule has 1 aromatic carbocycles. The summed E-state index contributed by atoms with van der Waals surface area (Å²) in [5.74, 6) is -0.995. The van der Waals surface area contributed by atoms with Crippen molar-refractivity contribution in [2.75, 3.05) is 19.6 Å². The Morgan fingerprint density at radius 1 is 1.17 bits per heavy atom.